The Morgan fingerprint density at radius 2 is 1.13 bits per heavy atom. The van der Waals surface area contributed by atoms with Gasteiger partial charge in [0.25, 0.3) is 0 Å². The van der Waals surface area contributed by atoms with Gasteiger partial charge in [-0.25, -0.2) is 0 Å². The zero-order valence-electron chi connectivity index (χ0n) is 19.7. The number of hydrogen-bond acceptors (Lipinski definition) is 4. The third-order valence-corrected chi connectivity index (χ3v) is 5.53. The van der Waals surface area contributed by atoms with Crippen molar-refractivity contribution in [1.82, 2.24) is 0 Å². The molecule has 0 radical (unpaired) electrons. The van der Waals surface area contributed by atoms with Crippen LogP contribution in [0.2, 0.25) is 0 Å². The van der Waals surface area contributed by atoms with Crippen molar-refractivity contribution in [3.05, 3.63) is 48.0 Å². The molecule has 0 atom stereocenters. The Kier molecular flexibility index (Phi) is 19.8. The highest BCUT2D eigenvalue weighted by molar-refractivity contribution is 5.25. The van der Waals surface area contributed by atoms with Gasteiger partial charge in [0.05, 0.1) is 19.8 Å². The third kappa shape index (κ3) is 17.1. The Morgan fingerprint density at radius 3 is 1.65 bits per heavy atom. The summed E-state index contributed by atoms with van der Waals surface area (Å²) in [5.74, 6) is 0. The highest BCUT2D eigenvalue weighted by atomic mass is 16.7. The molecule has 1 rings (SSSR count). The standard InChI is InChI=1S/C27H46O4/c1-2-20-29-21-16-12-10-8-6-4-3-5-7-9-11-13-17-22-30-25-31-24-27-19-15-14-18-26(27)23-28/h2,14-15,18-19,28H,1,3-13,16-17,20-25H2. The molecule has 0 fully saturated rings. The maximum atomic E-state index is 9.30. The van der Waals surface area contributed by atoms with Crippen molar-refractivity contribution >= 4 is 0 Å². The lowest BCUT2D eigenvalue weighted by atomic mass is 10.0. The van der Waals surface area contributed by atoms with Crippen LogP contribution in [0.1, 0.15) is 94.6 Å². The number of benzene rings is 1. The highest BCUT2D eigenvalue weighted by Crippen LogP contribution is 2.13. The van der Waals surface area contributed by atoms with Gasteiger partial charge in [-0.3, -0.25) is 0 Å². The van der Waals surface area contributed by atoms with Gasteiger partial charge in [-0.05, 0) is 24.0 Å². The average Bonchev–Trinajstić information content (AvgIpc) is 2.80. The van der Waals surface area contributed by atoms with Crippen LogP contribution in [0, 0.1) is 0 Å². The fraction of sp³-hybridized carbons (Fsp3) is 0.704. The number of unbranched alkanes of at least 4 members (excludes halogenated alkanes) is 12. The predicted octanol–water partition coefficient (Wildman–Crippen LogP) is 6.94. The van der Waals surface area contributed by atoms with Crippen LogP contribution in [0.25, 0.3) is 0 Å². The number of ether oxygens (including phenoxy) is 3. The normalized spacial score (nSPS) is 11.1. The van der Waals surface area contributed by atoms with Crippen molar-refractivity contribution in [3.63, 3.8) is 0 Å². The van der Waals surface area contributed by atoms with Crippen molar-refractivity contribution in [2.24, 2.45) is 0 Å². The largest absolute Gasteiger partial charge is 0.392 e. The van der Waals surface area contributed by atoms with Crippen molar-refractivity contribution in [3.8, 4) is 0 Å². The Balaban J connectivity index is 1.73. The second kappa shape index (κ2) is 22.0. The number of aliphatic hydroxyl groups is 1. The third-order valence-electron chi connectivity index (χ3n) is 5.53. The summed E-state index contributed by atoms with van der Waals surface area (Å²) < 4.78 is 16.5. The topological polar surface area (TPSA) is 47.9 Å². The van der Waals surface area contributed by atoms with Crippen LogP contribution in [-0.2, 0) is 27.4 Å². The summed E-state index contributed by atoms with van der Waals surface area (Å²) in [6, 6.07) is 7.79. The zero-order chi connectivity index (χ0) is 22.2. The van der Waals surface area contributed by atoms with Crippen LogP contribution in [-0.4, -0.2) is 31.7 Å². The van der Waals surface area contributed by atoms with Gasteiger partial charge in [0.15, 0.2) is 0 Å². The summed E-state index contributed by atoms with van der Waals surface area (Å²) in [6.07, 6.45) is 18.9. The van der Waals surface area contributed by atoms with Gasteiger partial charge in [-0.15, -0.1) is 6.58 Å². The minimum absolute atomic E-state index is 0.0491. The lowest BCUT2D eigenvalue weighted by molar-refractivity contribution is -0.0626. The molecule has 1 aromatic rings. The summed E-state index contributed by atoms with van der Waals surface area (Å²) in [6.45, 7) is 6.85. The smallest absolute Gasteiger partial charge is 0.147 e. The van der Waals surface area contributed by atoms with Gasteiger partial charge >= 0.3 is 0 Å². The fourth-order valence-corrected chi connectivity index (χ4v) is 3.64. The van der Waals surface area contributed by atoms with E-state index in [-0.39, 0.29) is 6.61 Å². The second-order valence-electron chi connectivity index (χ2n) is 8.26. The quantitative estimate of drug-likeness (QED) is 0.115. The zero-order valence-corrected chi connectivity index (χ0v) is 19.7. The first kappa shape index (κ1) is 27.8. The molecule has 0 aliphatic carbocycles. The second-order valence-corrected chi connectivity index (χ2v) is 8.26. The molecule has 0 saturated carbocycles. The molecule has 0 heterocycles. The minimum atomic E-state index is 0.0491. The van der Waals surface area contributed by atoms with Crippen molar-refractivity contribution in [2.45, 2.75) is 96.7 Å². The van der Waals surface area contributed by atoms with E-state index in [1.807, 2.05) is 30.3 Å². The monoisotopic (exact) mass is 434 g/mol. The number of aliphatic hydroxyl groups excluding tert-OH is 1. The molecular weight excluding hydrogens is 388 g/mol. The van der Waals surface area contributed by atoms with Crippen LogP contribution in [0.15, 0.2) is 36.9 Å². The van der Waals surface area contributed by atoms with Crippen LogP contribution in [0.5, 0.6) is 0 Å². The molecule has 0 bridgehead atoms. The molecule has 4 nitrogen and oxygen atoms in total. The SMILES string of the molecule is C=CCOCCCCCCCCCCCCCCCOCOCc1ccccc1CO. The van der Waals surface area contributed by atoms with Crippen LogP contribution in [0.3, 0.4) is 0 Å². The minimum Gasteiger partial charge on any atom is -0.392 e. The van der Waals surface area contributed by atoms with E-state index in [9.17, 15) is 5.11 Å². The fourth-order valence-electron chi connectivity index (χ4n) is 3.64. The molecular formula is C27H46O4. The molecule has 31 heavy (non-hydrogen) atoms. The van der Waals surface area contributed by atoms with Crippen LogP contribution in [0.4, 0.5) is 0 Å². The van der Waals surface area contributed by atoms with E-state index in [1.165, 1.54) is 77.0 Å². The maximum absolute atomic E-state index is 9.30. The average molecular weight is 435 g/mol. The Hall–Kier alpha value is -1.20. The first-order chi connectivity index (χ1) is 15.4. The molecule has 0 aromatic heterocycles. The summed E-state index contributed by atoms with van der Waals surface area (Å²) >= 11 is 0. The summed E-state index contributed by atoms with van der Waals surface area (Å²) in [7, 11) is 0. The predicted molar refractivity (Wildman–Crippen MR) is 129 cm³/mol. The molecule has 4 heteroatoms. The van der Waals surface area contributed by atoms with Crippen molar-refractivity contribution < 1.29 is 19.3 Å². The van der Waals surface area contributed by atoms with E-state index in [1.54, 1.807) is 0 Å². The number of rotatable bonds is 23. The van der Waals surface area contributed by atoms with Crippen molar-refractivity contribution in [2.75, 3.05) is 26.6 Å². The molecule has 0 spiro atoms. The highest BCUT2D eigenvalue weighted by Gasteiger charge is 2.00. The van der Waals surface area contributed by atoms with E-state index in [0.717, 1.165) is 30.8 Å². The summed E-state index contributed by atoms with van der Waals surface area (Å²) in [5, 5.41) is 9.30. The van der Waals surface area contributed by atoms with Gasteiger partial charge < -0.3 is 19.3 Å². The van der Waals surface area contributed by atoms with E-state index in [2.05, 4.69) is 6.58 Å². The van der Waals surface area contributed by atoms with E-state index >= 15 is 0 Å². The first-order valence-electron chi connectivity index (χ1n) is 12.4. The Bertz CT molecular complexity index is 518. The van der Waals surface area contributed by atoms with E-state index < -0.39 is 0 Å². The van der Waals surface area contributed by atoms with E-state index in [0.29, 0.717) is 20.0 Å². The van der Waals surface area contributed by atoms with E-state index in [4.69, 9.17) is 14.2 Å². The van der Waals surface area contributed by atoms with Gasteiger partial charge in [0.2, 0.25) is 0 Å². The lowest BCUT2D eigenvalue weighted by Crippen LogP contribution is -2.03. The Labute approximate surface area is 191 Å². The maximum Gasteiger partial charge on any atom is 0.147 e. The number of hydrogen-bond donors (Lipinski definition) is 1. The van der Waals surface area contributed by atoms with Gasteiger partial charge in [0, 0.05) is 13.2 Å². The molecule has 0 saturated heterocycles. The first-order valence-corrected chi connectivity index (χ1v) is 12.4. The summed E-state index contributed by atoms with van der Waals surface area (Å²) in [4.78, 5) is 0. The molecule has 1 N–H and O–H groups in total. The summed E-state index contributed by atoms with van der Waals surface area (Å²) in [5.41, 5.74) is 1.95. The molecule has 0 amide bonds. The van der Waals surface area contributed by atoms with Crippen molar-refractivity contribution in [1.29, 1.82) is 0 Å². The van der Waals surface area contributed by atoms with Crippen LogP contribution >= 0.6 is 0 Å². The Morgan fingerprint density at radius 1 is 0.645 bits per heavy atom. The molecule has 1 aromatic carbocycles. The molecule has 0 aliphatic heterocycles. The van der Waals surface area contributed by atoms with Gasteiger partial charge in [-0.1, -0.05) is 101 Å². The van der Waals surface area contributed by atoms with Gasteiger partial charge in [-0.2, -0.15) is 0 Å². The van der Waals surface area contributed by atoms with Gasteiger partial charge in [0.1, 0.15) is 6.79 Å². The molecule has 0 unspecified atom stereocenters. The molecule has 0 aliphatic rings. The lowest BCUT2D eigenvalue weighted by Gasteiger charge is -2.09. The van der Waals surface area contributed by atoms with Crippen LogP contribution < -0.4 is 0 Å². The molecule has 178 valence electrons.